The van der Waals surface area contributed by atoms with E-state index >= 15 is 0 Å². The van der Waals surface area contributed by atoms with E-state index < -0.39 is 12.1 Å². The van der Waals surface area contributed by atoms with E-state index in [1.165, 1.54) is 61.9 Å². The highest BCUT2D eigenvalue weighted by atomic mass is 32.2. The van der Waals surface area contributed by atoms with Crippen LogP contribution in [0.4, 0.5) is 24.7 Å². The van der Waals surface area contributed by atoms with Gasteiger partial charge in [0.1, 0.15) is 18.0 Å². The lowest BCUT2D eigenvalue weighted by Gasteiger charge is -2.27. The van der Waals surface area contributed by atoms with Crippen molar-refractivity contribution in [3.05, 3.63) is 101 Å². The van der Waals surface area contributed by atoms with Crippen LogP contribution in [0, 0.1) is 0 Å². The summed E-state index contributed by atoms with van der Waals surface area (Å²) in [6.07, 6.45) is 1.92. The van der Waals surface area contributed by atoms with E-state index in [0.29, 0.717) is 0 Å². The van der Waals surface area contributed by atoms with Crippen LogP contribution in [0.2, 0.25) is 0 Å². The van der Waals surface area contributed by atoms with Gasteiger partial charge in [-0.15, -0.1) is 0 Å². The van der Waals surface area contributed by atoms with E-state index in [0.717, 1.165) is 52.1 Å². The third kappa shape index (κ3) is 9.38. The van der Waals surface area contributed by atoms with Crippen LogP contribution in [0.25, 0.3) is 17.0 Å². The van der Waals surface area contributed by atoms with Gasteiger partial charge in [0.25, 0.3) is 5.82 Å². The number of aromatic nitrogens is 1. The predicted octanol–water partition coefficient (Wildman–Crippen LogP) is 6.04. The molecule has 6 rings (SSSR count). The van der Waals surface area contributed by atoms with Crippen molar-refractivity contribution in [3.63, 3.8) is 0 Å². The highest BCUT2D eigenvalue weighted by Gasteiger charge is 2.31. The Kier molecular flexibility index (Phi) is 12.5. The van der Waals surface area contributed by atoms with E-state index in [1.54, 1.807) is 0 Å². The summed E-state index contributed by atoms with van der Waals surface area (Å²) < 4.78 is 34.1. The maximum Gasteiger partial charge on any atom is 0.430 e. The fourth-order valence-corrected chi connectivity index (χ4v) is 7.70. The zero-order chi connectivity index (χ0) is 35.8. The number of fused-ring (bicyclic) bond motifs is 1. The highest BCUT2D eigenvalue weighted by molar-refractivity contribution is 8.03. The Morgan fingerprint density at radius 2 is 1.54 bits per heavy atom. The van der Waals surface area contributed by atoms with Gasteiger partial charge in [0.05, 0.1) is 23.8 Å². The SMILES string of the molecule is CN(C)CCCN(CCCN(C)C)c1cc(C=C2Sc3cccc4c3N2CCC4)c2ccccc2[n+]1Cc1ccccc1.O=C([O-])C(F)(F)F. The molecule has 11 heteroatoms. The third-order valence-electron chi connectivity index (χ3n) is 8.81. The van der Waals surface area contributed by atoms with E-state index in [2.05, 4.69) is 137 Å². The average molecular weight is 706 g/mol. The number of anilines is 2. The lowest BCUT2D eigenvalue weighted by molar-refractivity contribution is -0.649. The summed E-state index contributed by atoms with van der Waals surface area (Å²) in [4.78, 5) is 20.0. The number of nitrogens with zero attached hydrogens (tertiary/aromatic N) is 5. The number of hydrogen-bond donors (Lipinski definition) is 0. The Labute approximate surface area is 297 Å². The first-order valence-electron chi connectivity index (χ1n) is 17.0. The van der Waals surface area contributed by atoms with Crippen molar-refractivity contribution in [2.45, 2.75) is 43.3 Å². The molecule has 0 fully saturated rings. The molecule has 50 heavy (non-hydrogen) atoms. The van der Waals surface area contributed by atoms with Gasteiger partial charge in [-0.3, -0.25) is 4.90 Å². The van der Waals surface area contributed by atoms with Gasteiger partial charge >= 0.3 is 6.18 Å². The number of carboxylic acids is 1. The maximum absolute atomic E-state index is 10.5. The summed E-state index contributed by atoms with van der Waals surface area (Å²) in [5.74, 6) is -1.70. The summed E-state index contributed by atoms with van der Waals surface area (Å²) in [5, 5.41) is 11.4. The molecule has 0 radical (unpaired) electrons. The number of aryl methyl sites for hydroxylation is 1. The number of rotatable bonds is 12. The Balaban J connectivity index is 0.000000630. The van der Waals surface area contributed by atoms with Crippen molar-refractivity contribution >= 4 is 46.2 Å². The first-order chi connectivity index (χ1) is 23.9. The van der Waals surface area contributed by atoms with Crippen molar-refractivity contribution in [3.8, 4) is 0 Å². The van der Waals surface area contributed by atoms with Crippen molar-refractivity contribution in [1.29, 1.82) is 0 Å². The quantitative estimate of drug-likeness (QED) is 0.167. The van der Waals surface area contributed by atoms with Crippen LogP contribution in [0.1, 0.15) is 36.0 Å². The molecule has 0 aliphatic carbocycles. The molecule has 3 aromatic carbocycles. The fraction of sp³-hybridized carbons (Fsp3) is 0.385. The molecule has 0 unspecified atom stereocenters. The minimum absolute atomic E-state index is 0.848. The second kappa shape index (κ2) is 16.8. The Morgan fingerprint density at radius 1 is 0.900 bits per heavy atom. The number of carbonyl (C=O) groups excluding carboxylic acids is 1. The van der Waals surface area contributed by atoms with Crippen molar-refractivity contribution in [1.82, 2.24) is 9.80 Å². The molecule has 3 heterocycles. The van der Waals surface area contributed by atoms with E-state index in [9.17, 15) is 13.2 Å². The van der Waals surface area contributed by atoms with Gasteiger partial charge in [-0.05, 0) is 88.8 Å². The monoisotopic (exact) mass is 705 g/mol. The lowest BCUT2D eigenvalue weighted by atomic mass is 10.0. The lowest BCUT2D eigenvalue weighted by Crippen LogP contribution is -2.45. The largest absolute Gasteiger partial charge is 0.542 e. The number of alkyl halides is 3. The smallest absolute Gasteiger partial charge is 0.430 e. The zero-order valence-electron chi connectivity index (χ0n) is 29.2. The third-order valence-corrected chi connectivity index (χ3v) is 9.91. The molecule has 2 aliphatic rings. The maximum atomic E-state index is 10.5. The Bertz CT molecular complexity index is 1780. The molecule has 0 saturated carbocycles. The Hall–Kier alpha value is -4.06. The number of hydrogen-bond acceptors (Lipinski definition) is 7. The molecule has 2 aliphatic heterocycles. The molecule has 266 valence electrons. The second-order valence-electron chi connectivity index (χ2n) is 13.2. The molecule has 0 amide bonds. The van der Waals surface area contributed by atoms with Gasteiger partial charge in [-0.1, -0.05) is 72.4 Å². The van der Waals surface area contributed by atoms with Gasteiger partial charge in [0.2, 0.25) is 0 Å². The normalized spacial score (nSPS) is 14.7. The van der Waals surface area contributed by atoms with Gasteiger partial charge < -0.3 is 24.6 Å². The first kappa shape index (κ1) is 37.2. The minimum Gasteiger partial charge on any atom is -0.542 e. The molecule has 0 atom stereocenters. The van der Waals surface area contributed by atoms with Crippen molar-refractivity contribution in [2.75, 3.05) is 70.7 Å². The molecule has 7 nitrogen and oxygen atoms in total. The van der Waals surface area contributed by atoms with Crippen LogP contribution in [0.3, 0.4) is 0 Å². The number of carbonyl (C=O) groups is 1. The van der Waals surface area contributed by atoms with E-state index in [4.69, 9.17) is 9.90 Å². The first-order valence-corrected chi connectivity index (χ1v) is 17.8. The fourth-order valence-electron chi connectivity index (χ4n) is 6.51. The molecule has 0 N–H and O–H groups in total. The summed E-state index contributed by atoms with van der Waals surface area (Å²) >= 11 is 1.94. The minimum atomic E-state index is -5.19. The highest BCUT2D eigenvalue weighted by Crippen LogP contribution is 2.50. The summed E-state index contributed by atoms with van der Waals surface area (Å²) in [6.45, 7) is 6.17. The molecule has 0 bridgehead atoms. The van der Waals surface area contributed by atoms with Crippen molar-refractivity contribution in [2.24, 2.45) is 0 Å². The molecular formula is C39H46F3N5O2S. The number of pyridine rings is 1. The van der Waals surface area contributed by atoms with Gasteiger partial charge in [-0.2, -0.15) is 13.2 Å². The van der Waals surface area contributed by atoms with Crippen LogP contribution < -0.4 is 19.5 Å². The van der Waals surface area contributed by atoms with Crippen LogP contribution in [0.5, 0.6) is 0 Å². The number of halogens is 3. The molecule has 4 aromatic rings. The van der Waals surface area contributed by atoms with E-state index in [1.807, 2.05) is 11.8 Å². The summed E-state index contributed by atoms with van der Waals surface area (Å²) in [6, 6.07) is 29.3. The topological polar surface area (TPSA) is 57.0 Å². The van der Waals surface area contributed by atoms with E-state index in [-0.39, 0.29) is 0 Å². The average Bonchev–Trinajstić information content (AvgIpc) is 3.43. The summed E-state index contributed by atoms with van der Waals surface area (Å²) in [7, 11) is 8.70. The van der Waals surface area contributed by atoms with Gasteiger partial charge in [0, 0.05) is 36.0 Å². The van der Waals surface area contributed by atoms with Gasteiger partial charge in [0.15, 0.2) is 0 Å². The van der Waals surface area contributed by atoms with Crippen LogP contribution in [0.15, 0.2) is 88.8 Å². The summed E-state index contributed by atoms with van der Waals surface area (Å²) in [5.41, 5.74) is 6.86. The molecule has 0 saturated heterocycles. The second-order valence-corrected chi connectivity index (χ2v) is 14.3. The number of carboxylic acid groups (broad SMARTS) is 1. The number of thioether (sulfide) groups is 1. The standard InChI is InChI=1S/C37H46N5S.C2HF3O2/c1-38(2)21-12-23-40(24-13-22-39(3)4)35-26-31(27-36-41-25-11-17-30-16-10-20-34(43-36)37(30)41)32-18-8-9-19-33(32)42(35)28-29-14-6-5-7-15-29;3-2(4,5)1(6)7/h5-10,14-16,18-20,26-27H,11-13,17,21-25,28H2,1-4H3;(H,6,7)/q+1;/p-1. The predicted molar refractivity (Wildman–Crippen MR) is 195 cm³/mol. The van der Waals surface area contributed by atoms with Crippen LogP contribution in [-0.2, 0) is 17.8 Å². The zero-order valence-corrected chi connectivity index (χ0v) is 30.1. The van der Waals surface area contributed by atoms with Crippen LogP contribution in [-0.4, -0.2) is 82.9 Å². The number of aliphatic carboxylic acids is 1. The molecular weight excluding hydrogens is 660 g/mol. The van der Waals surface area contributed by atoms with Crippen LogP contribution >= 0.6 is 11.8 Å². The molecule has 1 aromatic heterocycles. The van der Waals surface area contributed by atoms with Crippen molar-refractivity contribution < 1.29 is 27.6 Å². The molecule has 0 spiro atoms. The van der Waals surface area contributed by atoms with Gasteiger partial charge in [-0.25, -0.2) is 4.57 Å². The number of para-hydroxylation sites is 2. The number of benzene rings is 3. The Morgan fingerprint density at radius 3 is 2.18 bits per heavy atom.